The van der Waals surface area contributed by atoms with Crippen LogP contribution in [0.2, 0.25) is 5.02 Å². The second-order valence-electron chi connectivity index (χ2n) is 4.70. The fourth-order valence-corrected chi connectivity index (χ4v) is 4.14. The molecule has 0 saturated carbocycles. The normalized spacial score (nSPS) is 12.6. The highest BCUT2D eigenvalue weighted by atomic mass is 127. The van der Waals surface area contributed by atoms with Crippen molar-refractivity contribution in [2.45, 2.75) is 32.7 Å². The Kier molecular flexibility index (Phi) is 6.33. The molecule has 0 aliphatic rings. The lowest BCUT2D eigenvalue weighted by atomic mass is 10.0. The molecule has 0 radical (unpaired) electrons. The number of likely N-dealkylation sites (N-methyl/N-ethyl adjacent to an activating group) is 1. The van der Waals surface area contributed by atoms with Gasteiger partial charge in [-0.15, -0.1) is 11.3 Å². The average molecular weight is 420 g/mol. The maximum atomic E-state index is 6.16. The smallest absolute Gasteiger partial charge is 0.0410 e. The predicted octanol–water partition coefficient (Wildman–Crippen LogP) is 5.46. The van der Waals surface area contributed by atoms with Crippen molar-refractivity contribution in [1.82, 2.24) is 5.32 Å². The van der Waals surface area contributed by atoms with Crippen molar-refractivity contribution in [3.63, 3.8) is 0 Å². The molecule has 0 saturated heterocycles. The quantitative estimate of drug-likeness (QED) is 0.613. The monoisotopic (exact) mass is 419 g/mol. The summed E-state index contributed by atoms with van der Waals surface area (Å²) in [6.07, 6.45) is 2.14. The molecular formula is C16H19ClINS. The molecule has 1 aromatic heterocycles. The molecular weight excluding hydrogens is 401 g/mol. The number of hydrogen-bond acceptors (Lipinski definition) is 2. The van der Waals surface area contributed by atoms with Crippen molar-refractivity contribution in [2.24, 2.45) is 0 Å². The van der Waals surface area contributed by atoms with E-state index in [1.165, 1.54) is 18.9 Å². The van der Waals surface area contributed by atoms with E-state index in [1.54, 1.807) is 0 Å². The van der Waals surface area contributed by atoms with Gasteiger partial charge in [0.1, 0.15) is 0 Å². The van der Waals surface area contributed by atoms with E-state index < -0.39 is 0 Å². The summed E-state index contributed by atoms with van der Waals surface area (Å²) in [4.78, 5) is 2.89. The van der Waals surface area contributed by atoms with Gasteiger partial charge in [-0.25, -0.2) is 0 Å². The highest BCUT2D eigenvalue weighted by Crippen LogP contribution is 2.29. The first kappa shape index (κ1) is 16.3. The average Bonchev–Trinajstić information content (AvgIpc) is 2.89. The Balaban J connectivity index is 2.23. The Hall–Kier alpha value is -0.100. The van der Waals surface area contributed by atoms with Crippen LogP contribution in [-0.4, -0.2) is 6.54 Å². The molecule has 0 spiro atoms. The van der Waals surface area contributed by atoms with Crippen LogP contribution in [0.5, 0.6) is 0 Å². The lowest BCUT2D eigenvalue weighted by Gasteiger charge is -2.19. The van der Waals surface area contributed by atoms with Gasteiger partial charge in [0, 0.05) is 30.8 Å². The minimum absolute atomic E-state index is 0.328. The zero-order valence-electron chi connectivity index (χ0n) is 11.7. The zero-order valence-corrected chi connectivity index (χ0v) is 15.5. The third-order valence-corrected chi connectivity index (χ3v) is 5.72. The van der Waals surface area contributed by atoms with Crippen molar-refractivity contribution in [3.05, 3.63) is 54.2 Å². The highest BCUT2D eigenvalue weighted by molar-refractivity contribution is 14.1. The predicted molar refractivity (Wildman–Crippen MR) is 98.0 cm³/mol. The van der Waals surface area contributed by atoms with E-state index in [9.17, 15) is 0 Å². The molecule has 0 aliphatic carbocycles. The Labute approximate surface area is 143 Å². The molecule has 1 N–H and O–H groups in total. The third-order valence-electron chi connectivity index (χ3n) is 3.26. The number of thiophene rings is 1. The third kappa shape index (κ3) is 4.20. The van der Waals surface area contributed by atoms with Gasteiger partial charge in [0.15, 0.2) is 0 Å². The summed E-state index contributed by atoms with van der Waals surface area (Å²) >= 11 is 10.5. The van der Waals surface area contributed by atoms with E-state index in [0.717, 1.165) is 24.4 Å². The van der Waals surface area contributed by atoms with Gasteiger partial charge in [0.05, 0.1) is 0 Å². The molecule has 1 aromatic carbocycles. The number of halogens is 2. The number of rotatable bonds is 6. The molecule has 0 aliphatic heterocycles. The largest absolute Gasteiger partial charge is 0.310 e. The van der Waals surface area contributed by atoms with Crippen molar-refractivity contribution >= 4 is 45.5 Å². The first-order chi connectivity index (χ1) is 9.63. The Morgan fingerprint density at radius 2 is 1.95 bits per heavy atom. The van der Waals surface area contributed by atoms with E-state index >= 15 is 0 Å². The molecule has 4 heteroatoms. The standard InChI is InChI=1S/C16H19ClINS/c1-3-12-6-7-13(20-12)10-16(19-4-2)14-9-11(17)5-8-15(14)18/h5-9,16,19H,3-4,10H2,1-2H3. The van der Waals surface area contributed by atoms with Crippen LogP contribution in [0.4, 0.5) is 0 Å². The van der Waals surface area contributed by atoms with Crippen molar-refractivity contribution < 1.29 is 0 Å². The van der Waals surface area contributed by atoms with Crippen LogP contribution in [0.1, 0.15) is 35.2 Å². The fourth-order valence-electron chi connectivity index (χ4n) is 2.24. The topological polar surface area (TPSA) is 12.0 Å². The van der Waals surface area contributed by atoms with Crippen LogP contribution in [0.3, 0.4) is 0 Å². The number of aryl methyl sites for hydroxylation is 1. The van der Waals surface area contributed by atoms with Gasteiger partial charge in [-0.05, 0) is 71.5 Å². The molecule has 1 heterocycles. The van der Waals surface area contributed by atoms with Gasteiger partial charge < -0.3 is 5.32 Å². The second kappa shape index (κ2) is 7.78. The lowest BCUT2D eigenvalue weighted by Crippen LogP contribution is -2.23. The summed E-state index contributed by atoms with van der Waals surface area (Å²) in [5, 5.41) is 4.39. The van der Waals surface area contributed by atoms with Gasteiger partial charge in [-0.1, -0.05) is 25.4 Å². The molecule has 0 fully saturated rings. The van der Waals surface area contributed by atoms with Gasteiger partial charge >= 0.3 is 0 Å². The van der Waals surface area contributed by atoms with Crippen LogP contribution >= 0.6 is 45.5 Å². The van der Waals surface area contributed by atoms with E-state index in [2.05, 4.69) is 66.0 Å². The van der Waals surface area contributed by atoms with Gasteiger partial charge in [-0.3, -0.25) is 0 Å². The Bertz CT molecular complexity index is 567. The summed E-state index contributed by atoms with van der Waals surface area (Å²) in [5.41, 5.74) is 1.30. The molecule has 20 heavy (non-hydrogen) atoms. The number of benzene rings is 1. The maximum absolute atomic E-state index is 6.16. The summed E-state index contributed by atoms with van der Waals surface area (Å²) in [6, 6.07) is 11.0. The first-order valence-electron chi connectivity index (χ1n) is 6.90. The minimum Gasteiger partial charge on any atom is -0.310 e. The molecule has 0 amide bonds. The highest BCUT2D eigenvalue weighted by Gasteiger charge is 2.15. The van der Waals surface area contributed by atoms with Crippen molar-refractivity contribution in [3.8, 4) is 0 Å². The van der Waals surface area contributed by atoms with Gasteiger partial charge in [0.25, 0.3) is 0 Å². The molecule has 0 bridgehead atoms. The number of hydrogen-bond donors (Lipinski definition) is 1. The summed E-state index contributed by atoms with van der Waals surface area (Å²) < 4.78 is 1.27. The fraction of sp³-hybridized carbons (Fsp3) is 0.375. The van der Waals surface area contributed by atoms with Crippen molar-refractivity contribution in [1.29, 1.82) is 0 Å². The lowest BCUT2D eigenvalue weighted by molar-refractivity contribution is 0.551. The van der Waals surface area contributed by atoms with Gasteiger partial charge in [-0.2, -0.15) is 0 Å². The molecule has 1 nitrogen and oxygen atoms in total. The van der Waals surface area contributed by atoms with E-state index in [0.29, 0.717) is 6.04 Å². The summed E-state index contributed by atoms with van der Waals surface area (Å²) in [5.74, 6) is 0. The molecule has 1 unspecified atom stereocenters. The molecule has 2 aromatic rings. The molecule has 2 rings (SSSR count). The SMILES string of the molecule is CCNC(Cc1ccc(CC)s1)c1cc(Cl)ccc1I. The van der Waals surface area contributed by atoms with Crippen LogP contribution in [0, 0.1) is 3.57 Å². The van der Waals surface area contributed by atoms with Crippen LogP contribution < -0.4 is 5.32 Å². The Morgan fingerprint density at radius 1 is 1.20 bits per heavy atom. The molecule has 1 atom stereocenters. The van der Waals surface area contributed by atoms with Crippen LogP contribution in [0.25, 0.3) is 0 Å². The van der Waals surface area contributed by atoms with E-state index in [4.69, 9.17) is 11.6 Å². The van der Waals surface area contributed by atoms with Gasteiger partial charge in [0.2, 0.25) is 0 Å². The summed E-state index contributed by atoms with van der Waals surface area (Å²) in [7, 11) is 0. The van der Waals surface area contributed by atoms with E-state index in [1.807, 2.05) is 17.4 Å². The zero-order chi connectivity index (χ0) is 14.5. The van der Waals surface area contributed by atoms with E-state index in [-0.39, 0.29) is 0 Å². The molecule has 108 valence electrons. The van der Waals surface area contributed by atoms with Crippen molar-refractivity contribution in [2.75, 3.05) is 6.54 Å². The maximum Gasteiger partial charge on any atom is 0.0410 e. The minimum atomic E-state index is 0.328. The number of nitrogens with one attached hydrogen (secondary N) is 1. The summed E-state index contributed by atoms with van der Waals surface area (Å²) in [6.45, 7) is 5.31. The van der Waals surface area contributed by atoms with Crippen LogP contribution in [0.15, 0.2) is 30.3 Å². The second-order valence-corrected chi connectivity index (χ2v) is 7.55. The Morgan fingerprint density at radius 3 is 2.60 bits per heavy atom. The first-order valence-corrected chi connectivity index (χ1v) is 9.17. The van der Waals surface area contributed by atoms with Crippen LogP contribution in [-0.2, 0) is 12.8 Å².